The molecule has 34 heavy (non-hydrogen) atoms. The second-order valence-electron chi connectivity index (χ2n) is 10.2. The Morgan fingerprint density at radius 1 is 1.12 bits per heavy atom. The van der Waals surface area contributed by atoms with Gasteiger partial charge in [-0.1, -0.05) is 26.8 Å². The van der Waals surface area contributed by atoms with Gasteiger partial charge in [-0.3, -0.25) is 4.79 Å². The lowest BCUT2D eigenvalue weighted by Gasteiger charge is -2.21. The van der Waals surface area contributed by atoms with E-state index in [1.54, 1.807) is 6.07 Å². The third-order valence-electron chi connectivity index (χ3n) is 6.83. The first-order chi connectivity index (χ1) is 15.9. The van der Waals surface area contributed by atoms with E-state index in [1.165, 1.54) is 12.1 Å². The summed E-state index contributed by atoms with van der Waals surface area (Å²) in [5.74, 6) is -0.265. The van der Waals surface area contributed by atoms with Gasteiger partial charge in [0.15, 0.2) is 11.5 Å². The number of halogens is 2. The van der Waals surface area contributed by atoms with E-state index in [2.05, 4.69) is 46.2 Å². The van der Waals surface area contributed by atoms with Gasteiger partial charge in [-0.25, -0.2) is 0 Å². The quantitative estimate of drug-likeness (QED) is 0.536. The molecular formula is C26H28F2N2O4. The lowest BCUT2D eigenvalue weighted by molar-refractivity contribution is -0.286. The number of amides is 1. The first-order valence-corrected chi connectivity index (χ1v) is 11.4. The summed E-state index contributed by atoms with van der Waals surface area (Å²) in [6, 6.07) is 10.5. The molecule has 0 bridgehead atoms. The number of aliphatic hydroxyl groups excluding tert-OH is 1. The number of hydrogen-bond donors (Lipinski definition) is 2. The summed E-state index contributed by atoms with van der Waals surface area (Å²) in [5, 5.41) is 13.7. The Kier molecular flexibility index (Phi) is 4.95. The van der Waals surface area contributed by atoms with Gasteiger partial charge in [0.2, 0.25) is 5.91 Å². The number of aromatic nitrogens is 1. The van der Waals surface area contributed by atoms with Crippen LogP contribution in [0.3, 0.4) is 0 Å². The number of nitrogens with zero attached hydrogens (tertiary/aromatic N) is 1. The van der Waals surface area contributed by atoms with E-state index in [0.717, 1.165) is 22.2 Å². The van der Waals surface area contributed by atoms with Crippen molar-refractivity contribution in [2.45, 2.75) is 64.2 Å². The van der Waals surface area contributed by atoms with Crippen LogP contribution in [0.5, 0.6) is 11.5 Å². The summed E-state index contributed by atoms with van der Waals surface area (Å²) < 4.78 is 38.0. The summed E-state index contributed by atoms with van der Waals surface area (Å²) in [6.45, 7) is 8.89. The van der Waals surface area contributed by atoms with Gasteiger partial charge in [-0.2, -0.15) is 0 Å². The molecule has 0 unspecified atom stereocenters. The summed E-state index contributed by atoms with van der Waals surface area (Å²) in [5.41, 5.74) is 3.50. The van der Waals surface area contributed by atoms with E-state index in [-0.39, 0.29) is 29.4 Å². The number of alkyl halides is 2. The number of benzene rings is 2. The molecule has 1 aliphatic heterocycles. The average molecular weight is 471 g/mol. The number of rotatable bonds is 5. The van der Waals surface area contributed by atoms with Crippen LogP contribution in [0, 0.1) is 6.92 Å². The maximum absolute atomic E-state index is 13.4. The molecule has 0 saturated heterocycles. The van der Waals surface area contributed by atoms with Crippen molar-refractivity contribution in [1.29, 1.82) is 0 Å². The Balaban J connectivity index is 1.46. The molecule has 0 radical (unpaired) electrons. The number of aryl methyl sites for hydroxylation is 1. The fourth-order valence-corrected chi connectivity index (χ4v) is 4.83. The monoisotopic (exact) mass is 470 g/mol. The van der Waals surface area contributed by atoms with Crippen LogP contribution in [0.4, 0.5) is 14.5 Å². The predicted octanol–water partition coefficient (Wildman–Crippen LogP) is 5.23. The van der Waals surface area contributed by atoms with Gasteiger partial charge in [0, 0.05) is 34.2 Å². The number of hydrogen-bond acceptors (Lipinski definition) is 4. The van der Waals surface area contributed by atoms with E-state index in [9.17, 15) is 18.7 Å². The summed E-state index contributed by atoms with van der Waals surface area (Å²) in [4.78, 5) is 13.4. The molecule has 2 aliphatic rings. The number of ether oxygens (including phenoxy) is 2. The Labute approximate surface area is 196 Å². The number of fused-ring (bicyclic) bond motifs is 2. The SMILES string of the molecule is Cc1c(NC(=O)C2(c3ccc4c(c3)OC(F)(F)O4)CC2)ccc2c1cc(C(C)(C)C)n2CCO. The van der Waals surface area contributed by atoms with Crippen LogP contribution in [0.2, 0.25) is 0 Å². The van der Waals surface area contributed by atoms with Gasteiger partial charge < -0.3 is 24.5 Å². The van der Waals surface area contributed by atoms with Crippen molar-refractivity contribution in [2.75, 3.05) is 11.9 Å². The Hall–Kier alpha value is -3.13. The first-order valence-electron chi connectivity index (χ1n) is 11.4. The van der Waals surface area contributed by atoms with Crippen molar-refractivity contribution < 1.29 is 28.2 Å². The van der Waals surface area contributed by atoms with Crippen LogP contribution >= 0.6 is 0 Å². The second kappa shape index (κ2) is 7.43. The highest BCUT2D eigenvalue weighted by Gasteiger charge is 2.53. The molecule has 2 N–H and O–H groups in total. The number of anilines is 1. The molecule has 2 aromatic carbocycles. The van der Waals surface area contributed by atoms with Gasteiger partial charge in [0.25, 0.3) is 0 Å². The molecule has 1 fully saturated rings. The van der Waals surface area contributed by atoms with Gasteiger partial charge in [0.05, 0.1) is 12.0 Å². The molecule has 8 heteroatoms. The lowest BCUT2D eigenvalue weighted by Crippen LogP contribution is -2.28. The van der Waals surface area contributed by atoms with Crippen molar-refractivity contribution in [3.05, 3.63) is 53.2 Å². The van der Waals surface area contributed by atoms with Crippen LogP contribution in [-0.2, 0) is 22.2 Å². The molecule has 0 spiro atoms. The molecule has 1 aromatic heterocycles. The second-order valence-corrected chi connectivity index (χ2v) is 10.2. The topological polar surface area (TPSA) is 72.7 Å². The van der Waals surface area contributed by atoms with E-state index in [4.69, 9.17) is 0 Å². The van der Waals surface area contributed by atoms with E-state index < -0.39 is 11.7 Å². The van der Waals surface area contributed by atoms with Crippen molar-refractivity contribution in [3.8, 4) is 11.5 Å². The first kappa shape index (κ1) is 22.7. The standard InChI is InChI=1S/C26H28F2N2O4/c1-15-17-14-22(24(2,3)4)30(11-12-31)19(17)7-6-18(15)29-23(32)25(9-10-25)16-5-8-20-21(13-16)34-26(27,28)33-20/h5-8,13-14,31H,9-12H2,1-4H3,(H,29,32). The smallest absolute Gasteiger partial charge is 0.395 e. The molecule has 6 nitrogen and oxygen atoms in total. The van der Waals surface area contributed by atoms with Gasteiger partial charge in [0.1, 0.15) is 0 Å². The fraction of sp³-hybridized carbons (Fsp3) is 0.423. The summed E-state index contributed by atoms with van der Waals surface area (Å²) in [6.07, 6.45) is -2.45. The Morgan fingerprint density at radius 3 is 2.47 bits per heavy atom. The van der Waals surface area contributed by atoms with E-state index in [0.29, 0.717) is 30.6 Å². The lowest BCUT2D eigenvalue weighted by atomic mass is 9.91. The summed E-state index contributed by atoms with van der Waals surface area (Å²) in [7, 11) is 0. The predicted molar refractivity (Wildman–Crippen MR) is 125 cm³/mol. The van der Waals surface area contributed by atoms with E-state index >= 15 is 0 Å². The molecule has 1 aliphatic carbocycles. The number of nitrogens with one attached hydrogen (secondary N) is 1. The molecule has 5 rings (SSSR count). The molecule has 180 valence electrons. The maximum Gasteiger partial charge on any atom is 0.586 e. The number of carbonyl (C=O) groups is 1. The Morgan fingerprint density at radius 2 is 1.82 bits per heavy atom. The van der Waals surface area contributed by atoms with Crippen LogP contribution in [0.1, 0.15) is 50.4 Å². The van der Waals surface area contributed by atoms with Crippen LogP contribution in [0.15, 0.2) is 36.4 Å². The average Bonchev–Trinajstić information content (AvgIpc) is 3.38. The highest BCUT2D eigenvalue weighted by atomic mass is 19.3. The van der Waals surface area contributed by atoms with E-state index in [1.807, 2.05) is 19.1 Å². The fourth-order valence-electron chi connectivity index (χ4n) is 4.83. The minimum Gasteiger partial charge on any atom is -0.395 e. The zero-order chi connectivity index (χ0) is 24.5. The molecule has 1 amide bonds. The third kappa shape index (κ3) is 3.60. The minimum absolute atomic E-state index is 0.0340. The van der Waals surface area contributed by atoms with Crippen LogP contribution in [0.25, 0.3) is 10.9 Å². The highest BCUT2D eigenvalue weighted by Crippen LogP contribution is 2.52. The zero-order valence-electron chi connectivity index (χ0n) is 19.7. The van der Waals surface area contributed by atoms with Crippen LogP contribution < -0.4 is 14.8 Å². The molecule has 1 saturated carbocycles. The maximum atomic E-state index is 13.4. The normalized spacial score (nSPS) is 17.7. The van der Waals surface area contributed by atoms with Gasteiger partial charge in [-0.05, 0) is 61.2 Å². The van der Waals surface area contributed by atoms with Gasteiger partial charge >= 0.3 is 6.29 Å². The Bertz CT molecular complexity index is 1300. The molecular weight excluding hydrogens is 442 g/mol. The molecule has 2 heterocycles. The van der Waals surface area contributed by atoms with Crippen molar-refractivity contribution >= 4 is 22.5 Å². The van der Waals surface area contributed by atoms with Crippen molar-refractivity contribution in [2.24, 2.45) is 0 Å². The van der Waals surface area contributed by atoms with Crippen molar-refractivity contribution in [1.82, 2.24) is 4.57 Å². The highest BCUT2D eigenvalue weighted by molar-refractivity contribution is 6.04. The van der Waals surface area contributed by atoms with Crippen LogP contribution in [-0.4, -0.2) is 28.5 Å². The van der Waals surface area contributed by atoms with Crippen molar-refractivity contribution in [3.63, 3.8) is 0 Å². The third-order valence-corrected chi connectivity index (χ3v) is 6.83. The largest absolute Gasteiger partial charge is 0.586 e. The summed E-state index contributed by atoms with van der Waals surface area (Å²) >= 11 is 0. The zero-order valence-corrected chi connectivity index (χ0v) is 19.7. The molecule has 3 aromatic rings. The minimum atomic E-state index is -3.69. The molecule has 0 atom stereocenters. The van der Waals surface area contributed by atoms with Gasteiger partial charge in [-0.15, -0.1) is 8.78 Å². The number of carbonyl (C=O) groups excluding carboxylic acids is 1. The number of aliphatic hydroxyl groups is 1.